The zero-order chi connectivity index (χ0) is 15.3. The summed E-state index contributed by atoms with van der Waals surface area (Å²) in [4.78, 5) is 12.2. The van der Waals surface area contributed by atoms with Gasteiger partial charge in [0.1, 0.15) is 0 Å². The summed E-state index contributed by atoms with van der Waals surface area (Å²) in [6, 6.07) is 6.29. The molecule has 116 valence electrons. The average molecular weight is 310 g/mol. The molecule has 5 nitrogen and oxygen atoms in total. The highest BCUT2D eigenvalue weighted by molar-refractivity contribution is 7.91. The molecule has 1 aromatic rings. The minimum Gasteiger partial charge on any atom is -0.335 e. The van der Waals surface area contributed by atoms with Crippen LogP contribution in [0.4, 0.5) is 10.5 Å². The van der Waals surface area contributed by atoms with Crippen LogP contribution >= 0.6 is 0 Å². The number of benzene rings is 1. The Morgan fingerprint density at radius 3 is 2.33 bits per heavy atom. The first-order valence-electron chi connectivity index (χ1n) is 7.41. The second-order valence-electron chi connectivity index (χ2n) is 5.36. The number of carbonyl (C=O) groups is 1. The van der Waals surface area contributed by atoms with Gasteiger partial charge in [-0.3, -0.25) is 0 Å². The molecule has 0 bridgehead atoms. The molecule has 0 saturated heterocycles. The van der Waals surface area contributed by atoms with E-state index in [0.717, 1.165) is 25.7 Å². The number of amides is 2. The Morgan fingerprint density at radius 2 is 1.76 bits per heavy atom. The minimum absolute atomic E-state index is 0.0714. The molecule has 1 aliphatic rings. The fraction of sp³-hybridized carbons (Fsp3) is 0.533. The standard InChI is InChI=1S/C15H22N2O3S/c1-2-21(19,20)14-10-8-13(9-11-14)17-15(18)16-12-6-4-3-5-7-12/h8-12H,2-7H2,1H3,(H2,16,17,18). The van der Waals surface area contributed by atoms with E-state index in [-0.39, 0.29) is 22.7 Å². The number of hydrogen-bond donors (Lipinski definition) is 2. The van der Waals surface area contributed by atoms with Gasteiger partial charge >= 0.3 is 6.03 Å². The predicted molar refractivity (Wildman–Crippen MR) is 83.2 cm³/mol. The molecule has 1 fully saturated rings. The minimum atomic E-state index is -3.19. The van der Waals surface area contributed by atoms with Crippen molar-refractivity contribution in [2.24, 2.45) is 0 Å². The van der Waals surface area contributed by atoms with Crippen LogP contribution in [0.15, 0.2) is 29.2 Å². The summed E-state index contributed by atoms with van der Waals surface area (Å²) in [5.74, 6) is 0.0714. The molecule has 0 atom stereocenters. The Hall–Kier alpha value is -1.56. The summed E-state index contributed by atoms with van der Waals surface area (Å²) in [6.07, 6.45) is 5.62. The van der Waals surface area contributed by atoms with E-state index in [1.165, 1.54) is 18.6 Å². The molecular formula is C15H22N2O3S. The van der Waals surface area contributed by atoms with Crippen molar-refractivity contribution in [3.8, 4) is 0 Å². The number of nitrogens with one attached hydrogen (secondary N) is 2. The van der Waals surface area contributed by atoms with Crippen LogP contribution in [0.1, 0.15) is 39.0 Å². The van der Waals surface area contributed by atoms with Gasteiger partial charge in [-0.1, -0.05) is 26.2 Å². The SMILES string of the molecule is CCS(=O)(=O)c1ccc(NC(=O)NC2CCCCC2)cc1. The molecular weight excluding hydrogens is 288 g/mol. The lowest BCUT2D eigenvalue weighted by molar-refractivity contribution is 0.244. The molecule has 0 aromatic heterocycles. The maximum atomic E-state index is 11.9. The van der Waals surface area contributed by atoms with Gasteiger partial charge in [0.05, 0.1) is 10.6 Å². The van der Waals surface area contributed by atoms with Crippen LogP contribution in [-0.4, -0.2) is 26.2 Å². The maximum Gasteiger partial charge on any atom is 0.319 e. The third kappa shape index (κ3) is 4.46. The van der Waals surface area contributed by atoms with Gasteiger partial charge in [0, 0.05) is 11.7 Å². The van der Waals surface area contributed by atoms with Crippen molar-refractivity contribution in [3.63, 3.8) is 0 Å². The van der Waals surface area contributed by atoms with E-state index in [9.17, 15) is 13.2 Å². The van der Waals surface area contributed by atoms with Crippen molar-refractivity contribution >= 4 is 21.6 Å². The molecule has 0 unspecified atom stereocenters. The molecule has 1 aliphatic carbocycles. The van der Waals surface area contributed by atoms with Crippen molar-refractivity contribution < 1.29 is 13.2 Å². The Bertz CT molecular complexity index is 575. The lowest BCUT2D eigenvalue weighted by Crippen LogP contribution is -2.39. The van der Waals surface area contributed by atoms with E-state index >= 15 is 0 Å². The number of hydrogen-bond acceptors (Lipinski definition) is 3. The lowest BCUT2D eigenvalue weighted by Gasteiger charge is -2.22. The summed E-state index contributed by atoms with van der Waals surface area (Å²) < 4.78 is 23.4. The van der Waals surface area contributed by atoms with Crippen molar-refractivity contribution in [2.75, 3.05) is 11.1 Å². The van der Waals surface area contributed by atoms with E-state index in [1.807, 2.05) is 0 Å². The molecule has 0 heterocycles. The maximum absolute atomic E-state index is 11.9. The fourth-order valence-electron chi connectivity index (χ4n) is 2.51. The Balaban J connectivity index is 1.92. The molecule has 0 spiro atoms. The number of anilines is 1. The van der Waals surface area contributed by atoms with E-state index in [2.05, 4.69) is 10.6 Å². The van der Waals surface area contributed by atoms with Gasteiger partial charge in [-0.2, -0.15) is 0 Å². The van der Waals surface area contributed by atoms with E-state index in [1.54, 1.807) is 19.1 Å². The second kappa shape index (κ2) is 6.93. The normalized spacial score (nSPS) is 16.4. The third-order valence-corrected chi connectivity index (χ3v) is 5.54. The summed E-state index contributed by atoms with van der Waals surface area (Å²) >= 11 is 0. The topological polar surface area (TPSA) is 75.3 Å². The van der Waals surface area contributed by atoms with Gasteiger partial charge in [-0.05, 0) is 37.1 Å². The average Bonchev–Trinajstić information content (AvgIpc) is 2.48. The zero-order valence-corrected chi connectivity index (χ0v) is 13.1. The molecule has 0 radical (unpaired) electrons. The number of sulfone groups is 1. The highest BCUT2D eigenvalue weighted by Gasteiger charge is 2.16. The van der Waals surface area contributed by atoms with Gasteiger partial charge < -0.3 is 10.6 Å². The van der Waals surface area contributed by atoms with Crippen molar-refractivity contribution in [1.29, 1.82) is 0 Å². The van der Waals surface area contributed by atoms with Crippen LogP contribution < -0.4 is 10.6 Å². The second-order valence-corrected chi connectivity index (χ2v) is 7.64. The quantitative estimate of drug-likeness (QED) is 0.898. The van der Waals surface area contributed by atoms with Gasteiger partial charge in [0.25, 0.3) is 0 Å². The van der Waals surface area contributed by atoms with E-state index in [0.29, 0.717) is 5.69 Å². The van der Waals surface area contributed by atoms with E-state index < -0.39 is 9.84 Å². The van der Waals surface area contributed by atoms with E-state index in [4.69, 9.17) is 0 Å². The summed E-state index contributed by atoms with van der Waals surface area (Å²) in [5.41, 5.74) is 0.596. The summed E-state index contributed by atoms with van der Waals surface area (Å²) in [5, 5.41) is 5.70. The Morgan fingerprint density at radius 1 is 1.14 bits per heavy atom. The third-order valence-electron chi connectivity index (χ3n) is 3.79. The van der Waals surface area contributed by atoms with Crippen LogP contribution in [0.25, 0.3) is 0 Å². The fourth-order valence-corrected chi connectivity index (χ4v) is 3.40. The van der Waals surface area contributed by atoms with Crippen LogP contribution in [0.5, 0.6) is 0 Å². The predicted octanol–water partition coefficient (Wildman–Crippen LogP) is 2.93. The number of rotatable bonds is 4. The zero-order valence-electron chi connectivity index (χ0n) is 12.3. The van der Waals surface area contributed by atoms with Gasteiger partial charge in [0.2, 0.25) is 0 Å². The summed E-state index contributed by atoms with van der Waals surface area (Å²) in [7, 11) is -3.19. The van der Waals surface area contributed by atoms with Crippen LogP contribution in [0, 0.1) is 0 Å². The van der Waals surface area contributed by atoms with Crippen LogP contribution in [0.2, 0.25) is 0 Å². The largest absolute Gasteiger partial charge is 0.335 e. The first kappa shape index (κ1) is 15.8. The van der Waals surface area contributed by atoms with Gasteiger partial charge in [-0.25, -0.2) is 13.2 Å². The van der Waals surface area contributed by atoms with Crippen molar-refractivity contribution in [2.45, 2.75) is 50.0 Å². The molecule has 2 rings (SSSR count). The number of carbonyl (C=O) groups excluding carboxylic acids is 1. The molecule has 1 aromatic carbocycles. The highest BCUT2D eigenvalue weighted by atomic mass is 32.2. The molecule has 2 N–H and O–H groups in total. The first-order chi connectivity index (χ1) is 10.0. The van der Waals surface area contributed by atoms with Gasteiger partial charge in [-0.15, -0.1) is 0 Å². The Labute approximate surface area is 126 Å². The first-order valence-corrected chi connectivity index (χ1v) is 9.07. The smallest absolute Gasteiger partial charge is 0.319 e. The summed E-state index contributed by atoms with van der Waals surface area (Å²) in [6.45, 7) is 1.61. The monoisotopic (exact) mass is 310 g/mol. The molecule has 2 amide bonds. The Kier molecular flexibility index (Phi) is 5.22. The highest BCUT2D eigenvalue weighted by Crippen LogP contribution is 2.18. The molecule has 1 saturated carbocycles. The number of urea groups is 1. The van der Waals surface area contributed by atoms with Crippen molar-refractivity contribution in [3.05, 3.63) is 24.3 Å². The van der Waals surface area contributed by atoms with Crippen molar-refractivity contribution in [1.82, 2.24) is 5.32 Å². The van der Waals surface area contributed by atoms with Crippen LogP contribution in [-0.2, 0) is 9.84 Å². The molecule has 21 heavy (non-hydrogen) atoms. The van der Waals surface area contributed by atoms with Crippen LogP contribution in [0.3, 0.4) is 0 Å². The van der Waals surface area contributed by atoms with Gasteiger partial charge in [0.15, 0.2) is 9.84 Å². The molecule has 0 aliphatic heterocycles. The lowest BCUT2D eigenvalue weighted by atomic mass is 9.96. The molecule has 6 heteroatoms.